The smallest absolute Gasteiger partial charge is 0.355 e. The van der Waals surface area contributed by atoms with E-state index < -0.39 is 11.4 Å². The van der Waals surface area contributed by atoms with Crippen LogP contribution in [0.2, 0.25) is 0 Å². The maximum atomic E-state index is 11.9. The molecule has 0 fully saturated rings. The van der Waals surface area contributed by atoms with E-state index in [0.717, 1.165) is 11.1 Å². The van der Waals surface area contributed by atoms with Crippen LogP contribution in [-0.2, 0) is 16.1 Å². The quantitative estimate of drug-likeness (QED) is 0.718. The highest BCUT2D eigenvalue weighted by atomic mass is 32.1. The summed E-state index contributed by atoms with van der Waals surface area (Å²) in [6.07, 6.45) is 0. The van der Waals surface area contributed by atoms with E-state index in [9.17, 15) is 14.4 Å². The molecule has 0 aliphatic rings. The summed E-state index contributed by atoms with van der Waals surface area (Å²) < 4.78 is 0. The highest BCUT2D eigenvalue weighted by molar-refractivity contribution is 7.13. The predicted molar refractivity (Wildman–Crippen MR) is 98.8 cm³/mol. The molecule has 3 N–H and O–H groups in total. The van der Waals surface area contributed by atoms with E-state index in [2.05, 4.69) is 15.6 Å². The third-order valence-electron chi connectivity index (χ3n) is 3.48. The van der Waals surface area contributed by atoms with Crippen LogP contribution in [0.1, 0.15) is 36.8 Å². The third-order valence-corrected chi connectivity index (χ3v) is 4.37. The fourth-order valence-corrected chi connectivity index (χ4v) is 2.80. The lowest BCUT2D eigenvalue weighted by Gasteiger charge is -2.17. The minimum Gasteiger partial charge on any atom is -0.476 e. The summed E-state index contributed by atoms with van der Waals surface area (Å²) in [5.74, 6) is -1.53. The first-order valence-electron chi connectivity index (χ1n) is 8.00. The Hall–Kier alpha value is -2.74. The fourth-order valence-electron chi connectivity index (χ4n) is 2.01. The van der Waals surface area contributed by atoms with Crippen LogP contribution in [0.5, 0.6) is 0 Å². The van der Waals surface area contributed by atoms with Gasteiger partial charge in [-0.1, -0.05) is 39.0 Å². The standard InChI is InChI=1S/C18H21N3O4S/c1-18(2,3)17(25)20-9-14(22)19-8-11-5-4-6-12(7-11)15-21-13(10-26-15)16(23)24/h4-7,10H,8-9H2,1-3H3,(H,19,22)(H,20,25)(H,23,24). The lowest BCUT2D eigenvalue weighted by atomic mass is 9.96. The molecule has 2 aromatic rings. The van der Waals surface area contributed by atoms with Crippen LogP contribution in [0.3, 0.4) is 0 Å². The molecule has 0 bridgehead atoms. The van der Waals surface area contributed by atoms with Crippen molar-refractivity contribution in [2.75, 3.05) is 6.54 Å². The minimum atomic E-state index is -1.06. The van der Waals surface area contributed by atoms with E-state index in [1.54, 1.807) is 20.8 Å². The van der Waals surface area contributed by atoms with Gasteiger partial charge < -0.3 is 15.7 Å². The molecule has 0 saturated heterocycles. The number of aromatic carboxylic acids is 1. The number of thiazole rings is 1. The summed E-state index contributed by atoms with van der Waals surface area (Å²) in [6.45, 7) is 5.56. The Labute approximate surface area is 155 Å². The van der Waals surface area contributed by atoms with Gasteiger partial charge in [0.05, 0.1) is 6.54 Å². The van der Waals surface area contributed by atoms with E-state index in [4.69, 9.17) is 5.11 Å². The van der Waals surface area contributed by atoms with Crippen molar-refractivity contribution in [2.24, 2.45) is 5.41 Å². The number of carboxylic acids is 1. The molecule has 0 unspecified atom stereocenters. The minimum absolute atomic E-state index is 0.0123. The van der Waals surface area contributed by atoms with Gasteiger partial charge in [0.2, 0.25) is 11.8 Å². The molecule has 2 amide bonds. The maximum absolute atomic E-state index is 11.9. The molecule has 0 aliphatic heterocycles. The Morgan fingerprint density at radius 3 is 2.54 bits per heavy atom. The molecule has 1 aromatic heterocycles. The number of nitrogens with one attached hydrogen (secondary N) is 2. The lowest BCUT2D eigenvalue weighted by Crippen LogP contribution is -2.41. The number of amides is 2. The van der Waals surface area contributed by atoms with Gasteiger partial charge >= 0.3 is 5.97 Å². The van der Waals surface area contributed by atoms with Gasteiger partial charge in [-0.15, -0.1) is 11.3 Å². The molecule has 0 saturated carbocycles. The van der Waals surface area contributed by atoms with E-state index in [-0.39, 0.29) is 24.1 Å². The van der Waals surface area contributed by atoms with Gasteiger partial charge in [0.25, 0.3) is 0 Å². The SMILES string of the molecule is CC(C)(C)C(=O)NCC(=O)NCc1cccc(-c2nc(C(=O)O)cs2)c1. The van der Waals surface area contributed by atoms with Crippen molar-refractivity contribution in [2.45, 2.75) is 27.3 Å². The number of nitrogens with zero attached hydrogens (tertiary/aromatic N) is 1. The van der Waals surface area contributed by atoms with Gasteiger partial charge in [-0.05, 0) is 11.6 Å². The van der Waals surface area contributed by atoms with E-state index >= 15 is 0 Å². The molecular weight excluding hydrogens is 354 g/mol. The molecule has 0 aliphatic carbocycles. The number of carbonyl (C=O) groups is 3. The second kappa shape index (κ2) is 8.09. The van der Waals surface area contributed by atoms with Crippen molar-refractivity contribution in [1.82, 2.24) is 15.6 Å². The normalized spacial score (nSPS) is 11.0. The van der Waals surface area contributed by atoms with Crippen LogP contribution >= 0.6 is 11.3 Å². The van der Waals surface area contributed by atoms with E-state index in [0.29, 0.717) is 11.6 Å². The van der Waals surface area contributed by atoms with Crippen molar-refractivity contribution >= 4 is 29.1 Å². The highest BCUT2D eigenvalue weighted by Crippen LogP contribution is 2.24. The van der Waals surface area contributed by atoms with Crippen molar-refractivity contribution in [1.29, 1.82) is 0 Å². The van der Waals surface area contributed by atoms with Crippen molar-refractivity contribution in [3.63, 3.8) is 0 Å². The van der Waals surface area contributed by atoms with Gasteiger partial charge in [-0.2, -0.15) is 0 Å². The van der Waals surface area contributed by atoms with Crippen molar-refractivity contribution in [3.05, 3.63) is 40.9 Å². The monoisotopic (exact) mass is 375 g/mol. The Morgan fingerprint density at radius 1 is 1.19 bits per heavy atom. The molecule has 1 aromatic carbocycles. The summed E-state index contributed by atoms with van der Waals surface area (Å²) in [6, 6.07) is 7.35. The van der Waals surface area contributed by atoms with Crippen LogP contribution < -0.4 is 10.6 Å². The summed E-state index contributed by atoms with van der Waals surface area (Å²) in [4.78, 5) is 38.6. The molecule has 0 spiro atoms. The third kappa shape index (κ3) is 5.38. The zero-order valence-electron chi connectivity index (χ0n) is 14.8. The van der Waals surface area contributed by atoms with Crippen LogP contribution in [-0.4, -0.2) is 34.4 Å². The molecule has 1 heterocycles. The summed E-state index contributed by atoms with van der Waals surface area (Å²) in [5, 5.41) is 16.4. The predicted octanol–water partition coefficient (Wildman–Crippen LogP) is 2.29. The zero-order chi connectivity index (χ0) is 19.3. The number of carboxylic acid groups (broad SMARTS) is 1. The van der Waals surface area contributed by atoms with Crippen molar-refractivity contribution in [3.8, 4) is 10.6 Å². The first kappa shape index (κ1) is 19.6. The zero-order valence-corrected chi connectivity index (χ0v) is 15.6. The molecule has 26 heavy (non-hydrogen) atoms. The number of benzene rings is 1. The first-order valence-corrected chi connectivity index (χ1v) is 8.88. The summed E-state index contributed by atoms with van der Waals surface area (Å²) in [5.41, 5.74) is 1.11. The van der Waals surface area contributed by atoms with Gasteiger partial charge in [0.15, 0.2) is 5.69 Å². The Kier molecular flexibility index (Phi) is 6.10. The molecule has 8 heteroatoms. The first-order chi connectivity index (χ1) is 12.2. The fraction of sp³-hybridized carbons (Fsp3) is 0.333. The molecule has 0 atom stereocenters. The second-order valence-corrected chi connectivity index (χ2v) is 7.61. The van der Waals surface area contributed by atoms with Gasteiger partial charge in [0, 0.05) is 22.9 Å². The Morgan fingerprint density at radius 2 is 1.92 bits per heavy atom. The van der Waals surface area contributed by atoms with Gasteiger partial charge in [-0.3, -0.25) is 9.59 Å². The van der Waals surface area contributed by atoms with E-state index in [1.165, 1.54) is 16.7 Å². The van der Waals surface area contributed by atoms with Crippen LogP contribution in [0.25, 0.3) is 10.6 Å². The van der Waals surface area contributed by atoms with Gasteiger partial charge in [0.1, 0.15) is 5.01 Å². The summed E-state index contributed by atoms with van der Waals surface area (Å²) in [7, 11) is 0. The lowest BCUT2D eigenvalue weighted by molar-refractivity contribution is -0.131. The number of aromatic nitrogens is 1. The highest BCUT2D eigenvalue weighted by Gasteiger charge is 2.21. The van der Waals surface area contributed by atoms with E-state index in [1.807, 2.05) is 24.3 Å². The number of hydrogen-bond donors (Lipinski definition) is 3. The van der Waals surface area contributed by atoms with Gasteiger partial charge in [-0.25, -0.2) is 9.78 Å². The second-order valence-electron chi connectivity index (χ2n) is 6.75. The largest absolute Gasteiger partial charge is 0.476 e. The summed E-state index contributed by atoms with van der Waals surface area (Å²) >= 11 is 1.25. The number of carbonyl (C=O) groups excluding carboxylic acids is 2. The van der Waals surface area contributed by atoms with Crippen molar-refractivity contribution < 1.29 is 19.5 Å². The van der Waals surface area contributed by atoms with Crippen LogP contribution in [0.4, 0.5) is 0 Å². The van der Waals surface area contributed by atoms with Crippen LogP contribution in [0, 0.1) is 5.41 Å². The molecular formula is C18H21N3O4S. The molecule has 0 radical (unpaired) electrons. The maximum Gasteiger partial charge on any atom is 0.355 e. The Balaban J connectivity index is 1.93. The average Bonchev–Trinajstić information content (AvgIpc) is 3.07. The molecule has 138 valence electrons. The Bertz CT molecular complexity index is 824. The number of rotatable bonds is 6. The molecule has 2 rings (SSSR count). The average molecular weight is 375 g/mol. The molecule has 7 nitrogen and oxygen atoms in total. The topological polar surface area (TPSA) is 108 Å². The number of hydrogen-bond acceptors (Lipinski definition) is 5. The van der Waals surface area contributed by atoms with Crippen LogP contribution in [0.15, 0.2) is 29.6 Å².